The Kier molecular flexibility index (Phi) is 3.51. The van der Waals surface area contributed by atoms with Crippen molar-refractivity contribution in [2.24, 2.45) is 0 Å². The van der Waals surface area contributed by atoms with Gasteiger partial charge in [0.05, 0.1) is 6.42 Å². The van der Waals surface area contributed by atoms with Crippen molar-refractivity contribution in [2.75, 3.05) is 13.1 Å². The summed E-state index contributed by atoms with van der Waals surface area (Å²) >= 11 is 0. The summed E-state index contributed by atoms with van der Waals surface area (Å²) in [6, 6.07) is 0. The summed E-state index contributed by atoms with van der Waals surface area (Å²) < 4.78 is 35.5. The number of rotatable bonds is 2. The Morgan fingerprint density at radius 2 is 1.75 bits per heavy atom. The summed E-state index contributed by atoms with van der Waals surface area (Å²) in [4.78, 5) is 33.7. The summed E-state index contributed by atoms with van der Waals surface area (Å²) in [5.41, 5.74) is 0. The van der Waals surface area contributed by atoms with Gasteiger partial charge >= 0.3 is 6.18 Å². The maximum Gasteiger partial charge on any atom is 0.389 e. The average Bonchev–Trinajstić information content (AvgIpc) is 2.11. The van der Waals surface area contributed by atoms with Crippen LogP contribution in [0, 0.1) is 0 Å². The largest absolute Gasteiger partial charge is 0.389 e. The molecule has 1 aliphatic heterocycles. The Bertz CT molecular complexity index is 311. The van der Waals surface area contributed by atoms with E-state index in [4.69, 9.17) is 0 Å². The first-order valence-electron chi connectivity index (χ1n) is 4.45. The third-order valence-electron chi connectivity index (χ3n) is 1.92. The minimum atomic E-state index is -4.42. The second-order valence-corrected chi connectivity index (χ2v) is 3.34. The first-order chi connectivity index (χ1) is 7.28. The fraction of sp³-hybridized carbons (Fsp3) is 0.625. The smallest absolute Gasteiger partial charge is 0.324 e. The number of hydrogen-bond acceptors (Lipinski definition) is 3. The SMILES string of the molecule is O=C1CN(C(=O)CCC(F)(F)F)CC(=O)N1. The number of carbonyl (C=O) groups is 3. The number of nitrogens with zero attached hydrogens (tertiary/aromatic N) is 1. The molecule has 1 aliphatic rings. The van der Waals surface area contributed by atoms with E-state index in [1.807, 2.05) is 5.32 Å². The monoisotopic (exact) mass is 238 g/mol. The molecule has 8 heteroatoms. The summed E-state index contributed by atoms with van der Waals surface area (Å²) in [7, 11) is 0. The molecular weight excluding hydrogens is 229 g/mol. The standard InChI is InChI=1S/C8H9F3N2O3/c9-8(10,11)2-1-7(16)13-3-5(14)12-6(15)4-13/h1-4H2,(H,12,14,15). The van der Waals surface area contributed by atoms with E-state index in [1.165, 1.54) is 0 Å². The van der Waals surface area contributed by atoms with E-state index in [9.17, 15) is 27.6 Å². The molecular formula is C8H9F3N2O3. The highest BCUT2D eigenvalue weighted by molar-refractivity contribution is 6.02. The van der Waals surface area contributed by atoms with Crippen LogP contribution in [0.4, 0.5) is 13.2 Å². The van der Waals surface area contributed by atoms with Gasteiger partial charge in [-0.2, -0.15) is 13.2 Å². The number of hydrogen-bond donors (Lipinski definition) is 1. The Balaban J connectivity index is 2.48. The third-order valence-corrected chi connectivity index (χ3v) is 1.92. The van der Waals surface area contributed by atoms with E-state index >= 15 is 0 Å². The molecule has 0 unspecified atom stereocenters. The third kappa shape index (κ3) is 3.87. The van der Waals surface area contributed by atoms with E-state index < -0.39 is 36.7 Å². The second kappa shape index (κ2) is 4.50. The maximum atomic E-state index is 11.8. The number of alkyl halides is 3. The van der Waals surface area contributed by atoms with Gasteiger partial charge in [0.2, 0.25) is 17.7 Å². The molecule has 1 heterocycles. The molecule has 1 saturated heterocycles. The molecule has 0 aromatic rings. The molecule has 0 aromatic carbocycles. The molecule has 0 aromatic heterocycles. The van der Waals surface area contributed by atoms with Crippen LogP contribution < -0.4 is 5.32 Å². The number of piperazine rings is 1. The van der Waals surface area contributed by atoms with Gasteiger partial charge in [-0.1, -0.05) is 0 Å². The van der Waals surface area contributed by atoms with Gasteiger partial charge in [-0.05, 0) is 0 Å². The minimum absolute atomic E-state index is 0.373. The lowest BCUT2D eigenvalue weighted by Crippen LogP contribution is -2.53. The topological polar surface area (TPSA) is 66.5 Å². The van der Waals surface area contributed by atoms with Crippen LogP contribution in [0.15, 0.2) is 0 Å². The molecule has 3 amide bonds. The van der Waals surface area contributed by atoms with E-state index in [0.29, 0.717) is 0 Å². The number of halogens is 3. The zero-order chi connectivity index (χ0) is 12.3. The van der Waals surface area contributed by atoms with Gasteiger partial charge in [0.1, 0.15) is 13.1 Å². The van der Waals surface area contributed by atoms with Crippen LogP contribution in [0.5, 0.6) is 0 Å². The van der Waals surface area contributed by atoms with Crippen molar-refractivity contribution < 1.29 is 27.6 Å². The van der Waals surface area contributed by atoms with Crippen LogP contribution in [-0.4, -0.2) is 41.9 Å². The van der Waals surface area contributed by atoms with Crippen molar-refractivity contribution in [3.63, 3.8) is 0 Å². The Morgan fingerprint density at radius 1 is 1.25 bits per heavy atom. The van der Waals surface area contributed by atoms with Gasteiger partial charge in [-0.15, -0.1) is 0 Å². The quantitative estimate of drug-likeness (QED) is 0.678. The van der Waals surface area contributed by atoms with E-state index in [1.54, 1.807) is 0 Å². The molecule has 0 saturated carbocycles. The summed E-state index contributed by atoms with van der Waals surface area (Å²) in [5, 5.41) is 1.94. The van der Waals surface area contributed by atoms with Crippen LogP contribution in [0.1, 0.15) is 12.8 Å². The molecule has 5 nitrogen and oxygen atoms in total. The van der Waals surface area contributed by atoms with Gasteiger partial charge in [0.15, 0.2) is 0 Å². The lowest BCUT2D eigenvalue weighted by molar-refractivity contribution is -0.153. The fourth-order valence-corrected chi connectivity index (χ4v) is 1.22. The highest BCUT2D eigenvalue weighted by Gasteiger charge is 2.31. The minimum Gasteiger partial charge on any atom is -0.324 e. The number of imide groups is 1. The van der Waals surface area contributed by atoms with Crippen molar-refractivity contribution in [1.29, 1.82) is 0 Å². The van der Waals surface area contributed by atoms with Crippen molar-refractivity contribution in [2.45, 2.75) is 19.0 Å². The van der Waals surface area contributed by atoms with Crippen molar-refractivity contribution in [3.05, 3.63) is 0 Å². The van der Waals surface area contributed by atoms with E-state index in [0.717, 1.165) is 4.90 Å². The lowest BCUT2D eigenvalue weighted by atomic mass is 10.2. The van der Waals surface area contributed by atoms with Crippen LogP contribution in [0.3, 0.4) is 0 Å². The summed E-state index contributed by atoms with van der Waals surface area (Å²) in [6.45, 7) is -0.745. The molecule has 1 rings (SSSR count). The number of amides is 3. The predicted molar refractivity (Wildman–Crippen MR) is 45.0 cm³/mol. The van der Waals surface area contributed by atoms with E-state index in [-0.39, 0.29) is 13.1 Å². The van der Waals surface area contributed by atoms with Gasteiger partial charge in [-0.25, -0.2) is 0 Å². The van der Waals surface area contributed by atoms with Gasteiger partial charge < -0.3 is 4.90 Å². The predicted octanol–water partition coefficient (Wildman–Crippen LogP) is -0.186. The Hall–Kier alpha value is -1.60. The molecule has 0 atom stereocenters. The number of carbonyl (C=O) groups excluding carboxylic acids is 3. The van der Waals surface area contributed by atoms with Crippen LogP contribution in [0.25, 0.3) is 0 Å². The zero-order valence-corrected chi connectivity index (χ0v) is 8.13. The maximum absolute atomic E-state index is 11.8. The van der Waals surface area contributed by atoms with Gasteiger partial charge in [-0.3, -0.25) is 19.7 Å². The Morgan fingerprint density at radius 3 is 2.19 bits per heavy atom. The van der Waals surface area contributed by atoms with E-state index in [2.05, 4.69) is 0 Å². The highest BCUT2D eigenvalue weighted by atomic mass is 19.4. The number of nitrogens with one attached hydrogen (secondary N) is 1. The lowest BCUT2D eigenvalue weighted by Gasteiger charge is -2.25. The van der Waals surface area contributed by atoms with Crippen molar-refractivity contribution in [3.8, 4) is 0 Å². The van der Waals surface area contributed by atoms with Gasteiger partial charge in [0.25, 0.3) is 0 Å². The molecule has 0 spiro atoms. The first-order valence-corrected chi connectivity index (χ1v) is 4.45. The summed E-state index contributed by atoms with van der Waals surface area (Å²) in [6.07, 6.45) is -6.42. The fourth-order valence-electron chi connectivity index (χ4n) is 1.22. The highest BCUT2D eigenvalue weighted by Crippen LogP contribution is 2.21. The molecule has 1 fully saturated rings. The van der Waals surface area contributed by atoms with Crippen LogP contribution in [-0.2, 0) is 14.4 Å². The molecule has 0 aliphatic carbocycles. The molecule has 0 radical (unpaired) electrons. The molecule has 90 valence electrons. The van der Waals surface area contributed by atoms with Crippen LogP contribution >= 0.6 is 0 Å². The normalized spacial score (nSPS) is 17.3. The molecule has 1 N–H and O–H groups in total. The van der Waals surface area contributed by atoms with Crippen molar-refractivity contribution in [1.82, 2.24) is 10.2 Å². The first kappa shape index (κ1) is 12.5. The van der Waals surface area contributed by atoms with Crippen LogP contribution in [0.2, 0.25) is 0 Å². The molecule has 16 heavy (non-hydrogen) atoms. The zero-order valence-electron chi connectivity index (χ0n) is 8.13. The average molecular weight is 238 g/mol. The molecule has 0 bridgehead atoms. The summed E-state index contributed by atoms with van der Waals surface area (Å²) in [5.74, 6) is -2.21. The van der Waals surface area contributed by atoms with Gasteiger partial charge in [0, 0.05) is 6.42 Å². The Labute approximate surface area is 88.6 Å². The van der Waals surface area contributed by atoms with Crippen molar-refractivity contribution >= 4 is 17.7 Å². The second-order valence-electron chi connectivity index (χ2n) is 3.34.